The molecule has 0 atom stereocenters. The zero-order chi connectivity index (χ0) is 12.0. The Hall–Kier alpha value is 0.340. The molecule has 0 saturated heterocycles. The number of hydrogen-bond acceptors (Lipinski definition) is 4. The minimum absolute atomic E-state index is 0. The van der Waals surface area contributed by atoms with Gasteiger partial charge in [-0.25, -0.2) is 13.1 Å². The second-order valence-corrected chi connectivity index (χ2v) is 7.21. The first-order chi connectivity index (χ1) is 7.53. The first-order valence-electron chi connectivity index (χ1n) is 4.94. The second kappa shape index (κ2) is 8.44. The summed E-state index contributed by atoms with van der Waals surface area (Å²) < 4.78 is 25.8. The lowest BCUT2D eigenvalue weighted by Gasteiger charge is -2.05. The van der Waals surface area contributed by atoms with Crippen molar-refractivity contribution in [2.24, 2.45) is 0 Å². The Bertz CT molecular complexity index is 422. The Kier molecular flexibility index (Phi) is 8.61. The first kappa shape index (κ1) is 17.3. The van der Waals surface area contributed by atoms with Crippen LogP contribution in [0.4, 0.5) is 0 Å². The van der Waals surface area contributed by atoms with Gasteiger partial charge in [-0.1, -0.05) is 0 Å². The molecule has 0 saturated carbocycles. The van der Waals surface area contributed by atoms with Gasteiger partial charge in [-0.05, 0) is 28.9 Å². The molecule has 100 valence electrons. The van der Waals surface area contributed by atoms with Crippen molar-refractivity contribution in [1.82, 2.24) is 10.0 Å². The molecular weight excluding hydrogens is 348 g/mol. The van der Waals surface area contributed by atoms with Crippen LogP contribution in [-0.2, 0) is 16.6 Å². The summed E-state index contributed by atoms with van der Waals surface area (Å²) in [6.45, 7) is 3.46. The molecule has 0 aliphatic rings. The summed E-state index contributed by atoms with van der Waals surface area (Å²) >= 11 is 5.05. The fourth-order valence-electron chi connectivity index (χ4n) is 1.06. The summed E-state index contributed by atoms with van der Waals surface area (Å²) in [7, 11) is -3.06. The maximum atomic E-state index is 11.1. The second-order valence-electron chi connectivity index (χ2n) is 3.21. The van der Waals surface area contributed by atoms with Gasteiger partial charge in [-0.2, -0.15) is 0 Å². The SMILES string of the molecule is CCS(=O)(=O)NCCNCc1cc(Br)cs1.Cl. The molecule has 1 rings (SSSR count). The molecule has 1 aromatic rings. The van der Waals surface area contributed by atoms with E-state index in [9.17, 15) is 8.42 Å². The fourth-order valence-corrected chi connectivity index (χ4v) is 3.09. The summed E-state index contributed by atoms with van der Waals surface area (Å²) in [6, 6.07) is 2.05. The highest BCUT2D eigenvalue weighted by Gasteiger charge is 2.04. The Morgan fingerprint density at radius 1 is 1.41 bits per heavy atom. The van der Waals surface area contributed by atoms with Crippen LogP contribution in [0.2, 0.25) is 0 Å². The molecule has 0 spiro atoms. The van der Waals surface area contributed by atoms with E-state index in [0.29, 0.717) is 13.1 Å². The van der Waals surface area contributed by atoms with Crippen LogP contribution in [-0.4, -0.2) is 27.3 Å². The minimum Gasteiger partial charge on any atom is -0.311 e. The van der Waals surface area contributed by atoms with Gasteiger partial charge in [0, 0.05) is 34.4 Å². The summed E-state index contributed by atoms with van der Waals surface area (Å²) in [4.78, 5) is 1.23. The van der Waals surface area contributed by atoms with Crippen LogP contribution in [0.25, 0.3) is 0 Å². The molecule has 0 radical (unpaired) electrons. The monoisotopic (exact) mass is 362 g/mol. The van der Waals surface area contributed by atoms with Gasteiger partial charge in [0.15, 0.2) is 0 Å². The molecule has 0 amide bonds. The van der Waals surface area contributed by atoms with E-state index < -0.39 is 10.0 Å². The molecule has 1 aromatic heterocycles. The van der Waals surface area contributed by atoms with Crippen LogP contribution in [0.15, 0.2) is 15.9 Å². The van der Waals surface area contributed by atoms with E-state index in [1.54, 1.807) is 18.3 Å². The lowest BCUT2D eigenvalue weighted by Crippen LogP contribution is -2.32. The van der Waals surface area contributed by atoms with Crippen molar-refractivity contribution in [3.63, 3.8) is 0 Å². The largest absolute Gasteiger partial charge is 0.311 e. The van der Waals surface area contributed by atoms with Crippen molar-refractivity contribution in [2.75, 3.05) is 18.8 Å². The number of nitrogens with one attached hydrogen (secondary N) is 2. The van der Waals surface area contributed by atoms with E-state index >= 15 is 0 Å². The standard InChI is InChI=1S/C9H15BrN2O2S2.ClH/c1-2-16(13,14)12-4-3-11-6-9-5-8(10)7-15-9;/h5,7,11-12H,2-4,6H2,1H3;1H. The van der Waals surface area contributed by atoms with Gasteiger partial charge < -0.3 is 5.32 Å². The summed E-state index contributed by atoms with van der Waals surface area (Å²) in [5.41, 5.74) is 0. The summed E-state index contributed by atoms with van der Waals surface area (Å²) in [5.74, 6) is 0.130. The Morgan fingerprint density at radius 2 is 2.12 bits per heavy atom. The van der Waals surface area contributed by atoms with Gasteiger partial charge in [0.1, 0.15) is 0 Å². The first-order valence-corrected chi connectivity index (χ1v) is 8.27. The average molecular weight is 364 g/mol. The highest BCUT2D eigenvalue weighted by Crippen LogP contribution is 2.19. The highest BCUT2D eigenvalue weighted by molar-refractivity contribution is 9.10. The molecule has 2 N–H and O–H groups in total. The molecule has 1 heterocycles. The fraction of sp³-hybridized carbons (Fsp3) is 0.556. The van der Waals surface area contributed by atoms with Crippen LogP contribution in [0, 0.1) is 0 Å². The quantitative estimate of drug-likeness (QED) is 0.728. The molecule has 4 nitrogen and oxygen atoms in total. The molecule has 0 bridgehead atoms. The third-order valence-electron chi connectivity index (χ3n) is 1.92. The minimum atomic E-state index is -3.06. The maximum Gasteiger partial charge on any atom is 0.211 e. The summed E-state index contributed by atoms with van der Waals surface area (Å²) in [5, 5.41) is 5.20. The van der Waals surface area contributed by atoms with Gasteiger partial charge >= 0.3 is 0 Å². The zero-order valence-electron chi connectivity index (χ0n) is 9.40. The van der Waals surface area contributed by atoms with E-state index in [0.717, 1.165) is 11.0 Å². The summed E-state index contributed by atoms with van der Waals surface area (Å²) in [6.07, 6.45) is 0. The van der Waals surface area contributed by atoms with Crippen molar-refractivity contribution in [2.45, 2.75) is 13.5 Å². The third kappa shape index (κ3) is 7.38. The molecule has 8 heteroatoms. The van der Waals surface area contributed by atoms with E-state index in [1.165, 1.54) is 4.88 Å². The van der Waals surface area contributed by atoms with Crippen molar-refractivity contribution < 1.29 is 8.42 Å². The Labute approximate surface area is 121 Å². The van der Waals surface area contributed by atoms with Crippen molar-refractivity contribution >= 4 is 49.7 Å². The normalized spacial score (nSPS) is 11.2. The van der Waals surface area contributed by atoms with Crippen LogP contribution < -0.4 is 10.0 Å². The van der Waals surface area contributed by atoms with Crippen LogP contribution >= 0.6 is 39.7 Å². The van der Waals surface area contributed by atoms with Crippen molar-refractivity contribution in [3.8, 4) is 0 Å². The smallest absolute Gasteiger partial charge is 0.211 e. The lowest BCUT2D eigenvalue weighted by atomic mass is 10.4. The molecule has 0 unspecified atom stereocenters. The van der Waals surface area contributed by atoms with Crippen LogP contribution in [0.5, 0.6) is 0 Å². The number of rotatable bonds is 7. The number of sulfonamides is 1. The van der Waals surface area contributed by atoms with Gasteiger partial charge in [-0.3, -0.25) is 0 Å². The number of thiophene rings is 1. The maximum absolute atomic E-state index is 11.1. The molecule has 0 aliphatic carbocycles. The Morgan fingerprint density at radius 3 is 2.65 bits per heavy atom. The predicted octanol–water partition coefficient (Wildman–Crippen LogP) is 1.96. The van der Waals surface area contributed by atoms with Gasteiger partial charge in [0.2, 0.25) is 10.0 Å². The number of halogens is 2. The average Bonchev–Trinajstić information content (AvgIpc) is 2.64. The van der Waals surface area contributed by atoms with Crippen molar-refractivity contribution in [1.29, 1.82) is 0 Å². The molecule has 17 heavy (non-hydrogen) atoms. The van der Waals surface area contributed by atoms with E-state index in [2.05, 4.69) is 26.0 Å². The third-order valence-corrected chi connectivity index (χ3v) is 5.03. The predicted molar refractivity (Wildman–Crippen MR) is 78.4 cm³/mol. The lowest BCUT2D eigenvalue weighted by molar-refractivity contribution is 0.577. The van der Waals surface area contributed by atoms with Crippen LogP contribution in [0.3, 0.4) is 0 Å². The van der Waals surface area contributed by atoms with Gasteiger partial charge in [0.25, 0.3) is 0 Å². The van der Waals surface area contributed by atoms with Gasteiger partial charge in [-0.15, -0.1) is 23.7 Å². The molecular formula is C9H16BrClN2O2S2. The highest BCUT2D eigenvalue weighted by atomic mass is 79.9. The molecule has 0 aliphatic heterocycles. The number of hydrogen-bond donors (Lipinski definition) is 2. The zero-order valence-corrected chi connectivity index (χ0v) is 13.4. The molecule has 0 aromatic carbocycles. The van der Waals surface area contributed by atoms with Crippen LogP contribution in [0.1, 0.15) is 11.8 Å². The van der Waals surface area contributed by atoms with E-state index in [1.807, 2.05) is 11.4 Å². The van der Waals surface area contributed by atoms with E-state index in [-0.39, 0.29) is 18.2 Å². The van der Waals surface area contributed by atoms with Gasteiger partial charge in [0.05, 0.1) is 5.75 Å². The van der Waals surface area contributed by atoms with E-state index in [4.69, 9.17) is 0 Å². The topological polar surface area (TPSA) is 58.2 Å². The van der Waals surface area contributed by atoms with Crippen molar-refractivity contribution in [3.05, 3.63) is 20.8 Å². The molecule has 0 fully saturated rings. The Balaban J connectivity index is 0.00000256.